The number of para-hydroxylation sites is 1. The predicted octanol–water partition coefficient (Wildman–Crippen LogP) is 6.52. The number of benzene rings is 3. The average molecular weight is 532 g/mol. The number of rotatable bonds is 7. The van der Waals surface area contributed by atoms with Crippen molar-refractivity contribution in [1.82, 2.24) is 9.97 Å². The van der Waals surface area contributed by atoms with Gasteiger partial charge in [0.2, 0.25) is 5.89 Å². The minimum absolute atomic E-state index is 0.0369. The standard InChI is InChI=1S/C29H19F3N2O5/c1-2-29(14-38-26-15(10-24(35)36)4-3-5-19(26)29)23-13-37-28(34-23)18-11-16(6-7-20(18)30)39-27-21(31)12-22-17(25(27)32)8-9-33-22/h2-9,11-13,33H,1,10,14H2,(H,35,36)/t29-/m0/s1. The van der Waals surface area contributed by atoms with Crippen LogP contribution in [-0.2, 0) is 16.6 Å². The van der Waals surface area contributed by atoms with Crippen molar-refractivity contribution < 1.29 is 37.0 Å². The van der Waals surface area contributed by atoms with Crippen LogP contribution < -0.4 is 9.47 Å². The van der Waals surface area contributed by atoms with E-state index in [9.17, 15) is 23.1 Å². The number of hydrogen-bond acceptors (Lipinski definition) is 5. The largest absolute Gasteiger partial charge is 0.491 e. The summed E-state index contributed by atoms with van der Waals surface area (Å²) in [5.74, 6) is -3.87. The van der Waals surface area contributed by atoms with Crippen molar-refractivity contribution in [2.75, 3.05) is 6.61 Å². The zero-order valence-corrected chi connectivity index (χ0v) is 20.1. The van der Waals surface area contributed by atoms with E-state index in [2.05, 4.69) is 16.5 Å². The van der Waals surface area contributed by atoms with Crippen molar-refractivity contribution in [1.29, 1.82) is 0 Å². The summed E-state index contributed by atoms with van der Waals surface area (Å²) in [4.78, 5) is 18.5. The molecule has 1 aliphatic heterocycles. The SMILES string of the molecule is C=C[C@]1(c2coc(-c3cc(Oc4c(F)cc5[nH]ccc5c4F)ccc3F)n2)COc2c(CC(=O)O)cccc21. The number of ether oxygens (including phenoxy) is 2. The number of aromatic amines is 1. The Morgan fingerprint density at radius 2 is 2.03 bits per heavy atom. The number of carboxylic acid groups (broad SMARTS) is 1. The van der Waals surface area contributed by atoms with Crippen molar-refractivity contribution in [2.45, 2.75) is 11.8 Å². The molecule has 0 saturated carbocycles. The van der Waals surface area contributed by atoms with Crippen LogP contribution in [-0.4, -0.2) is 27.7 Å². The number of H-pyrrole nitrogens is 1. The Bertz CT molecular complexity index is 1780. The first-order valence-electron chi connectivity index (χ1n) is 11.8. The van der Waals surface area contributed by atoms with E-state index in [0.717, 1.165) is 12.1 Å². The molecular formula is C29H19F3N2O5. The highest BCUT2D eigenvalue weighted by Gasteiger charge is 2.43. The van der Waals surface area contributed by atoms with Crippen LogP contribution in [0.1, 0.15) is 16.8 Å². The molecule has 0 spiro atoms. The second-order valence-electron chi connectivity index (χ2n) is 9.05. The monoisotopic (exact) mass is 532 g/mol. The molecular weight excluding hydrogens is 513 g/mol. The van der Waals surface area contributed by atoms with E-state index >= 15 is 0 Å². The second-order valence-corrected chi connectivity index (χ2v) is 9.05. The lowest BCUT2D eigenvalue weighted by Crippen LogP contribution is -2.27. The number of hydrogen-bond donors (Lipinski definition) is 2. The maximum Gasteiger partial charge on any atom is 0.307 e. The van der Waals surface area contributed by atoms with E-state index in [1.165, 1.54) is 30.7 Å². The van der Waals surface area contributed by atoms with Crippen LogP contribution in [0.2, 0.25) is 0 Å². The summed E-state index contributed by atoms with van der Waals surface area (Å²) in [5, 5.41) is 9.39. The zero-order chi connectivity index (χ0) is 27.3. The third-order valence-corrected chi connectivity index (χ3v) is 6.76. The van der Waals surface area contributed by atoms with Crippen LogP contribution in [0.3, 0.4) is 0 Å². The van der Waals surface area contributed by atoms with Crippen molar-refractivity contribution >= 4 is 16.9 Å². The minimum atomic E-state index is -1.00. The lowest BCUT2D eigenvalue weighted by atomic mass is 9.79. The minimum Gasteiger partial charge on any atom is -0.491 e. The topological polar surface area (TPSA) is 97.6 Å². The Morgan fingerprint density at radius 1 is 1.18 bits per heavy atom. The summed E-state index contributed by atoms with van der Waals surface area (Å²) in [7, 11) is 0. The van der Waals surface area contributed by atoms with E-state index in [4.69, 9.17) is 13.9 Å². The molecule has 0 unspecified atom stereocenters. The zero-order valence-electron chi connectivity index (χ0n) is 20.1. The van der Waals surface area contributed by atoms with Gasteiger partial charge in [-0.3, -0.25) is 4.79 Å². The fourth-order valence-electron chi connectivity index (χ4n) is 4.82. The third kappa shape index (κ3) is 3.92. The van der Waals surface area contributed by atoms with Crippen molar-refractivity contribution in [3.8, 4) is 28.7 Å². The molecule has 196 valence electrons. The fraction of sp³-hybridized carbons (Fsp3) is 0.103. The smallest absolute Gasteiger partial charge is 0.307 e. The molecule has 10 heteroatoms. The molecule has 2 N–H and O–H groups in total. The number of carbonyl (C=O) groups is 1. The molecule has 0 amide bonds. The molecule has 0 fully saturated rings. The maximum absolute atomic E-state index is 14.9. The van der Waals surface area contributed by atoms with Gasteiger partial charge in [-0.05, 0) is 24.3 Å². The van der Waals surface area contributed by atoms with Gasteiger partial charge in [0.1, 0.15) is 30.2 Å². The van der Waals surface area contributed by atoms with Gasteiger partial charge in [-0.1, -0.05) is 24.3 Å². The lowest BCUT2D eigenvalue weighted by Gasteiger charge is -2.20. The van der Waals surface area contributed by atoms with Gasteiger partial charge in [-0.15, -0.1) is 6.58 Å². The molecule has 39 heavy (non-hydrogen) atoms. The molecule has 3 heterocycles. The number of nitrogens with one attached hydrogen (secondary N) is 1. The first kappa shape index (κ1) is 24.4. The van der Waals surface area contributed by atoms with Gasteiger partial charge in [0.15, 0.2) is 17.4 Å². The van der Waals surface area contributed by atoms with Crippen LogP contribution >= 0.6 is 0 Å². The molecule has 5 aromatic rings. The number of nitrogens with zero attached hydrogens (tertiary/aromatic N) is 1. The van der Waals surface area contributed by atoms with E-state index in [1.54, 1.807) is 24.3 Å². The number of carboxylic acids is 1. The van der Waals surface area contributed by atoms with Gasteiger partial charge in [-0.25, -0.2) is 18.2 Å². The molecule has 0 aliphatic carbocycles. The molecule has 1 atom stereocenters. The maximum atomic E-state index is 14.9. The summed E-state index contributed by atoms with van der Waals surface area (Å²) < 4.78 is 61.3. The molecule has 1 aliphatic rings. The number of aliphatic carboxylic acids is 1. The molecule has 0 bridgehead atoms. The highest BCUT2D eigenvalue weighted by Crippen LogP contribution is 2.46. The first-order chi connectivity index (χ1) is 18.8. The highest BCUT2D eigenvalue weighted by atomic mass is 19.1. The van der Waals surface area contributed by atoms with E-state index in [-0.39, 0.29) is 41.1 Å². The lowest BCUT2D eigenvalue weighted by molar-refractivity contribution is -0.136. The summed E-state index contributed by atoms with van der Waals surface area (Å²) in [5.41, 5.74) is 0.710. The van der Waals surface area contributed by atoms with Gasteiger partial charge in [-0.2, -0.15) is 0 Å². The Labute approximate surface area is 219 Å². The Hall–Kier alpha value is -4.99. The Balaban J connectivity index is 1.36. The van der Waals surface area contributed by atoms with E-state index in [1.807, 2.05) is 0 Å². The quantitative estimate of drug-likeness (QED) is 0.232. The number of aromatic nitrogens is 2. The van der Waals surface area contributed by atoms with E-state index < -0.39 is 34.6 Å². The van der Waals surface area contributed by atoms with Crippen LogP contribution in [0.4, 0.5) is 13.2 Å². The summed E-state index contributed by atoms with van der Waals surface area (Å²) in [6, 6.07) is 11.3. The van der Waals surface area contributed by atoms with Gasteiger partial charge >= 0.3 is 5.97 Å². The number of halogens is 3. The number of fused-ring (bicyclic) bond motifs is 2. The Morgan fingerprint density at radius 3 is 2.82 bits per heavy atom. The predicted molar refractivity (Wildman–Crippen MR) is 134 cm³/mol. The second kappa shape index (κ2) is 9.09. The van der Waals surface area contributed by atoms with Crippen molar-refractivity contribution in [3.63, 3.8) is 0 Å². The van der Waals surface area contributed by atoms with Crippen molar-refractivity contribution in [3.05, 3.63) is 108 Å². The average Bonchev–Trinajstić information content (AvgIpc) is 3.66. The van der Waals surface area contributed by atoms with Crippen LogP contribution in [0.5, 0.6) is 17.2 Å². The van der Waals surface area contributed by atoms with Gasteiger partial charge in [0, 0.05) is 28.8 Å². The molecule has 6 rings (SSSR count). The molecule has 3 aromatic carbocycles. The molecule has 0 saturated heterocycles. The highest BCUT2D eigenvalue weighted by molar-refractivity contribution is 5.82. The van der Waals surface area contributed by atoms with Gasteiger partial charge in [0.25, 0.3) is 0 Å². The Kier molecular flexibility index (Phi) is 5.67. The third-order valence-electron chi connectivity index (χ3n) is 6.76. The van der Waals surface area contributed by atoms with Crippen molar-refractivity contribution in [2.24, 2.45) is 0 Å². The first-order valence-corrected chi connectivity index (χ1v) is 11.8. The normalized spacial score (nSPS) is 16.2. The molecule has 2 aromatic heterocycles. The fourth-order valence-corrected chi connectivity index (χ4v) is 4.82. The summed E-state index contributed by atoms with van der Waals surface area (Å²) >= 11 is 0. The van der Waals surface area contributed by atoms with Crippen LogP contribution in [0.15, 0.2) is 78.1 Å². The summed E-state index contributed by atoms with van der Waals surface area (Å²) in [6.45, 7) is 4.01. The van der Waals surface area contributed by atoms with Gasteiger partial charge < -0.3 is 24.0 Å². The summed E-state index contributed by atoms with van der Waals surface area (Å²) in [6.07, 6.45) is 4.20. The van der Waals surface area contributed by atoms with E-state index in [0.29, 0.717) is 22.6 Å². The molecule has 0 radical (unpaired) electrons. The van der Waals surface area contributed by atoms with Crippen LogP contribution in [0, 0.1) is 17.5 Å². The van der Waals surface area contributed by atoms with Gasteiger partial charge in [0.05, 0.1) is 28.6 Å². The number of oxazole rings is 1. The van der Waals surface area contributed by atoms with Crippen LogP contribution in [0.25, 0.3) is 22.4 Å². The molecule has 7 nitrogen and oxygen atoms in total.